The molecule has 2 aromatic carbocycles. The highest BCUT2D eigenvalue weighted by Crippen LogP contribution is 2.18. The molecular formula is C21H21N3O2. The number of carbonyl (C=O) groups excluding carboxylic acids is 1. The topological polar surface area (TPSA) is 64.1 Å². The molecule has 3 rings (SSSR count). The average Bonchev–Trinajstić information content (AvgIpc) is 2.68. The second kappa shape index (κ2) is 8.25. The minimum Gasteiger partial charge on any atom is -0.494 e. The molecule has 0 saturated heterocycles. The zero-order valence-corrected chi connectivity index (χ0v) is 14.9. The normalized spacial score (nSPS) is 10.4. The van der Waals surface area contributed by atoms with Gasteiger partial charge < -0.3 is 10.1 Å². The third-order valence-corrected chi connectivity index (χ3v) is 3.97. The number of aryl methyl sites for hydroxylation is 1. The molecule has 0 radical (unpaired) electrons. The minimum absolute atomic E-state index is 0.201. The van der Waals surface area contributed by atoms with Gasteiger partial charge in [-0.15, -0.1) is 0 Å². The van der Waals surface area contributed by atoms with Crippen LogP contribution in [0.4, 0.5) is 0 Å². The van der Waals surface area contributed by atoms with E-state index in [1.54, 1.807) is 6.20 Å². The van der Waals surface area contributed by atoms with Crippen molar-refractivity contribution in [3.63, 3.8) is 0 Å². The number of nitrogens with zero attached hydrogens (tertiary/aromatic N) is 2. The first-order chi connectivity index (χ1) is 12.7. The van der Waals surface area contributed by atoms with Crippen LogP contribution in [0.3, 0.4) is 0 Å². The number of nitrogens with one attached hydrogen (secondary N) is 1. The van der Waals surface area contributed by atoms with E-state index in [4.69, 9.17) is 4.74 Å². The number of rotatable bonds is 6. The van der Waals surface area contributed by atoms with Crippen LogP contribution in [0.2, 0.25) is 0 Å². The SMILES string of the molecule is CCOc1ccccc1CNC(=O)c1cnc(-c2ccccc2)nc1C. The Kier molecular flexibility index (Phi) is 5.59. The van der Waals surface area contributed by atoms with Gasteiger partial charge in [0.05, 0.1) is 17.9 Å². The minimum atomic E-state index is -0.201. The van der Waals surface area contributed by atoms with Crippen LogP contribution >= 0.6 is 0 Å². The van der Waals surface area contributed by atoms with Gasteiger partial charge in [-0.1, -0.05) is 48.5 Å². The molecule has 0 atom stereocenters. The molecule has 0 aliphatic rings. The molecule has 26 heavy (non-hydrogen) atoms. The monoisotopic (exact) mass is 347 g/mol. The van der Waals surface area contributed by atoms with Crippen molar-refractivity contribution in [3.8, 4) is 17.1 Å². The van der Waals surface area contributed by atoms with E-state index >= 15 is 0 Å². The first-order valence-electron chi connectivity index (χ1n) is 8.57. The lowest BCUT2D eigenvalue weighted by molar-refractivity contribution is 0.0949. The number of ether oxygens (including phenoxy) is 1. The fourth-order valence-electron chi connectivity index (χ4n) is 2.63. The summed E-state index contributed by atoms with van der Waals surface area (Å²) in [7, 11) is 0. The van der Waals surface area contributed by atoms with E-state index in [1.807, 2.05) is 68.4 Å². The van der Waals surface area contributed by atoms with Gasteiger partial charge in [-0.25, -0.2) is 9.97 Å². The van der Waals surface area contributed by atoms with Gasteiger partial charge in [0.2, 0.25) is 0 Å². The molecule has 0 aliphatic carbocycles. The van der Waals surface area contributed by atoms with Gasteiger partial charge in [0.15, 0.2) is 5.82 Å². The van der Waals surface area contributed by atoms with Crippen LogP contribution in [-0.4, -0.2) is 22.5 Å². The fourth-order valence-corrected chi connectivity index (χ4v) is 2.63. The second-order valence-electron chi connectivity index (χ2n) is 5.78. The molecule has 5 nitrogen and oxygen atoms in total. The lowest BCUT2D eigenvalue weighted by Gasteiger charge is -2.12. The van der Waals surface area contributed by atoms with Gasteiger partial charge in [-0.05, 0) is 19.9 Å². The fraction of sp³-hybridized carbons (Fsp3) is 0.190. The van der Waals surface area contributed by atoms with Crippen LogP contribution in [0.15, 0.2) is 60.8 Å². The highest BCUT2D eigenvalue weighted by atomic mass is 16.5. The van der Waals surface area contributed by atoms with Crippen molar-refractivity contribution >= 4 is 5.91 Å². The lowest BCUT2D eigenvalue weighted by atomic mass is 10.1. The van der Waals surface area contributed by atoms with Crippen molar-refractivity contribution in [2.75, 3.05) is 6.61 Å². The van der Waals surface area contributed by atoms with Crippen LogP contribution in [0.25, 0.3) is 11.4 Å². The summed E-state index contributed by atoms with van der Waals surface area (Å²) in [5.74, 6) is 1.19. The quantitative estimate of drug-likeness (QED) is 0.737. The predicted molar refractivity (Wildman–Crippen MR) is 101 cm³/mol. The molecule has 3 aromatic rings. The first-order valence-corrected chi connectivity index (χ1v) is 8.57. The van der Waals surface area contributed by atoms with Crippen LogP contribution in [0.1, 0.15) is 28.5 Å². The Morgan fingerprint density at radius 2 is 1.81 bits per heavy atom. The molecule has 1 heterocycles. The van der Waals surface area contributed by atoms with Gasteiger partial charge in [-0.3, -0.25) is 4.79 Å². The van der Waals surface area contributed by atoms with E-state index in [2.05, 4.69) is 15.3 Å². The lowest BCUT2D eigenvalue weighted by Crippen LogP contribution is -2.24. The Morgan fingerprint density at radius 3 is 2.54 bits per heavy atom. The molecular weight excluding hydrogens is 326 g/mol. The van der Waals surface area contributed by atoms with Crippen molar-refractivity contribution in [1.29, 1.82) is 0 Å². The molecule has 0 spiro atoms. The van der Waals surface area contributed by atoms with Gasteiger partial charge >= 0.3 is 0 Å². The number of hydrogen-bond acceptors (Lipinski definition) is 4. The van der Waals surface area contributed by atoms with Crippen molar-refractivity contribution in [2.45, 2.75) is 20.4 Å². The molecule has 1 aromatic heterocycles. The molecule has 1 N–H and O–H groups in total. The molecule has 0 bridgehead atoms. The summed E-state index contributed by atoms with van der Waals surface area (Å²) in [6, 6.07) is 17.4. The van der Waals surface area contributed by atoms with Crippen molar-refractivity contribution in [1.82, 2.24) is 15.3 Å². The third kappa shape index (κ3) is 4.06. The zero-order valence-electron chi connectivity index (χ0n) is 14.9. The number of hydrogen-bond donors (Lipinski definition) is 1. The molecule has 5 heteroatoms. The summed E-state index contributed by atoms with van der Waals surface area (Å²) in [4.78, 5) is 21.3. The van der Waals surface area contributed by atoms with E-state index < -0.39 is 0 Å². The van der Waals surface area contributed by atoms with Crippen LogP contribution in [0, 0.1) is 6.92 Å². The Bertz CT molecular complexity index is 895. The van der Waals surface area contributed by atoms with Gasteiger partial charge in [0.1, 0.15) is 5.75 Å². The predicted octanol–water partition coefficient (Wildman–Crippen LogP) is 3.78. The van der Waals surface area contributed by atoms with E-state index in [0.29, 0.717) is 30.2 Å². The summed E-state index contributed by atoms with van der Waals surface area (Å²) < 4.78 is 5.59. The molecule has 1 amide bonds. The van der Waals surface area contributed by atoms with Gasteiger partial charge in [0, 0.05) is 23.9 Å². The summed E-state index contributed by atoms with van der Waals surface area (Å²) in [6.07, 6.45) is 1.58. The number of benzene rings is 2. The molecule has 0 aliphatic heterocycles. The molecule has 0 saturated carbocycles. The van der Waals surface area contributed by atoms with Crippen LogP contribution in [0.5, 0.6) is 5.75 Å². The van der Waals surface area contributed by atoms with Gasteiger partial charge in [0.25, 0.3) is 5.91 Å². The Morgan fingerprint density at radius 1 is 1.08 bits per heavy atom. The molecule has 0 fully saturated rings. The first kappa shape index (κ1) is 17.6. The average molecular weight is 347 g/mol. The summed E-state index contributed by atoms with van der Waals surface area (Å²) in [6.45, 7) is 4.72. The Labute approximate surface area is 153 Å². The third-order valence-electron chi connectivity index (χ3n) is 3.97. The largest absolute Gasteiger partial charge is 0.494 e. The van der Waals surface area contributed by atoms with Crippen LogP contribution in [-0.2, 0) is 6.54 Å². The summed E-state index contributed by atoms with van der Waals surface area (Å²) >= 11 is 0. The number of amides is 1. The van der Waals surface area contributed by atoms with Crippen molar-refractivity contribution < 1.29 is 9.53 Å². The number of aromatic nitrogens is 2. The number of para-hydroxylation sites is 1. The smallest absolute Gasteiger partial charge is 0.254 e. The molecule has 132 valence electrons. The number of carbonyl (C=O) groups is 1. The van der Waals surface area contributed by atoms with Crippen LogP contribution < -0.4 is 10.1 Å². The van der Waals surface area contributed by atoms with Crippen molar-refractivity contribution in [3.05, 3.63) is 77.6 Å². The Balaban J connectivity index is 1.73. The standard InChI is InChI=1S/C21H21N3O2/c1-3-26-19-12-8-7-11-17(19)13-23-21(25)18-14-22-20(24-15(18)2)16-9-5-4-6-10-16/h4-12,14H,3,13H2,1-2H3,(H,23,25). The summed E-state index contributed by atoms with van der Waals surface area (Å²) in [5, 5.41) is 2.92. The van der Waals surface area contributed by atoms with E-state index in [9.17, 15) is 4.79 Å². The Hall–Kier alpha value is -3.21. The van der Waals surface area contributed by atoms with E-state index in [0.717, 1.165) is 16.9 Å². The highest BCUT2D eigenvalue weighted by molar-refractivity contribution is 5.95. The molecule has 0 unspecified atom stereocenters. The van der Waals surface area contributed by atoms with Crippen molar-refractivity contribution in [2.24, 2.45) is 0 Å². The highest BCUT2D eigenvalue weighted by Gasteiger charge is 2.13. The maximum Gasteiger partial charge on any atom is 0.254 e. The zero-order chi connectivity index (χ0) is 18.4. The maximum absolute atomic E-state index is 12.5. The van der Waals surface area contributed by atoms with Gasteiger partial charge in [-0.2, -0.15) is 0 Å². The second-order valence-corrected chi connectivity index (χ2v) is 5.78. The summed E-state index contributed by atoms with van der Waals surface area (Å²) in [5.41, 5.74) is 2.98. The maximum atomic E-state index is 12.5. The van der Waals surface area contributed by atoms with E-state index in [-0.39, 0.29) is 5.91 Å². The van der Waals surface area contributed by atoms with E-state index in [1.165, 1.54) is 0 Å².